The topological polar surface area (TPSA) is 57.8 Å². The minimum absolute atomic E-state index is 0.365. The molecule has 1 aromatic carbocycles. The van der Waals surface area contributed by atoms with Crippen LogP contribution in [0.4, 0.5) is 14.5 Å². The van der Waals surface area contributed by atoms with E-state index in [-0.39, 0.29) is 6.42 Å². The number of hydrogen-bond acceptors (Lipinski definition) is 2. The number of nitrogens with one attached hydrogen (secondary N) is 2. The zero-order valence-electron chi connectivity index (χ0n) is 11.7. The number of anilines is 1. The highest BCUT2D eigenvalue weighted by atomic mass is 19.3. The fourth-order valence-electron chi connectivity index (χ4n) is 2.26. The van der Waals surface area contributed by atoms with Crippen molar-refractivity contribution in [3.05, 3.63) is 35.5 Å². The second kappa shape index (κ2) is 4.65. The van der Waals surface area contributed by atoms with Gasteiger partial charge in [0.15, 0.2) is 0 Å². The van der Waals surface area contributed by atoms with Crippen molar-refractivity contribution < 1.29 is 13.6 Å². The molecule has 2 aromatic rings. The van der Waals surface area contributed by atoms with E-state index >= 15 is 0 Å². The Balaban J connectivity index is 1.83. The lowest BCUT2D eigenvalue weighted by atomic mass is 10.0. The van der Waals surface area contributed by atoms with Crippen molar-refractivity contribution in [2.24, 2.45) is 5.92 Å². The van der Waals surface area contributed by atoms with E-state index in [0.29, 0.717) is 5.69 Å². The quantitative estimate of drug-likeness (QED) is 0.911. The van der Waals surface area contributed by atoms with Gasteiger partial charge in [-0.15, -0.1) is 0 Å². The smallest absolute Gasteiger partial charge is 0.260 e. The summed E-state index contributed by atoms with van der Waals surface area (Å²) in [4.78, 5) is 11.7. The normalized spacial score (nSPS) is 19.3. The summed E-state index contributed by atoms with van der Waals surface area (Å²) in [5.74, 6) is -4.68. The average molecular weight is 291 g/mol. The van der Waals surface area contributed by atoms with Gasteiger partial charge in [0.25, 0.3) is 5.92 Å². The molecule has 0 saturated heterocycles. The number of amides is 1. The highest BCUT2D eigenvalue weighted by Gasteiger charge is 2.61. The lowest BCUT2D eigenvalue weighted by Crippen LogP contribution is -2.17. The maximum Gasteiger partial charge on any atom is 0.260 e. The summed E-state index contributed by atoms with van der Waals surface area (Å²) in [6.45, 7) is 3.83. The fourth-order valence-corrected chi connectivity index (χ4v) is 2.26. The van der Waals surface area contributed by atoms with E-state index in [4.69, 9.17) is 0 Å². The second-order valence-electron chi connectivity index (χ2n) is 5.47. The van der Waals surface area contributed by atoms with Crippen LogP contribution < -0.4 is 5.32 Å². The molecule has 1 atom stereocenters. The van der Waals surface area contributed by atoms with Crippen molar-refractivity contribution in [1.82, 2.24) is 10.2 Å². The van der Waals surface area contributed by atoms with Crippen LogP contribution in [-0.2, 0) is 4.79 Å². The molecule has 4 nitrogen and oxygen atoms in total. The summed E-state index contributed by atoms with van der Waals surface area (Å²) in [7, 11) is 0. The minimum Gasteiger partial charge on any atom is -0.326 e. The molecule has 2 N–H and O–H groups in total. The first-order valence-corrected chi connectivity index (χ1v) is 6.68. The summed E-state index contributed by atoms with van der Waals surface area (Å²) in [6, 6.07) is 7.18. The molecular formula is C15H15F2N3O. The molecule has 1 saturated carbocycles. The lowest BCUT2D eigenvalue weighted by molar-refractivity contribution is -0.119. The fraction of sp³-hybridized carbons (Fsp3) is 0.333. The Bertz CT molecular complexity index is 709. The molecule has 110 valence electrons. The molecule has 3 rings (SSSR count). The van der Waals surface area contributed by atoms with E-state index in [9.17, 15) is 13.6 Å². The predicted molar refractivity (Wildman–Crippen MR) is 75.2 cm³/mol. The van der Waals surface area contributed by atoms with Gasteiger partial charge in [0.1, 0.15) is 5.92 Å². The molecule has 1 aliphatic carbocycles. The van der Waals surface area contributed by atoms with Crippen molar-refractivity contribution in [1.29, 1.82) is 0 Å². The third kappa shape index (κ3) is 2.66. The first kappa shape index (κ1) is 13.7. The van der Waals surface area contributed by atoms with Crippen LogP contribution in [0.3, 0.4) is 0 Å². The molecule has 0 aliphatic heterocycles. The molecule has 6 heteroatoms. The Morgan fingerprint density at radius 2 is 2.10 bits per heavy atom. The van der Waals surface area contributed by atoms with Crippen LogP contribution in [-0.4, -0.2) is 22.0 Å². The van der Waals surface area contributed by atoms with Crippen molar-refractivity contribution in [2.45, 2.75) is 26.2 Å². The van der Waals surface area contributed by atoms with E-state index < -0.39 is 17.7 Å². The molecule has 1 heterocycles. The van der Waals surface area contributed by atoms with E-state index in [2.05, 4.69) is 15.5 Å². The van der Waals surface area contributed by atoms with Crippen LogP contribution in [0.15, 0.2) is 24.3 Å². The molecule has 0 unspecified atom stereocenters. The van der Waals surface area contributed by atoms with Crippen LogP contribution in [0.5, 0.6) is 0 Å². The van der Waals surface area contributed by atoms with E-state index in [0.717, 1.165) is 22.5 Å². The monoisotopic (exact) mass is 291 g/mol. The van der Waals surface area contributed by atoms with Gasteiger partial charge in [0.05, 0.1) is 5.69 Å². The van der Waals surface area contributed by atoms with Crippen LogP contribution in [0.2, 0.25) is 0 Å². The third-order valence-electron chi connectivity index (χ3n) is 3.63. The molecule has 1 aliphatic rings. The second-order valence-corrected chi connectivity index (χ2v) is 5.47. The highest BCUT2D eigenvalue weighted by Crippen LogP contribution is 2.49. The molecule has 0 radical (unpaired) electrons. The van der Waals surface area contributed by atoms with Gasteiger partial charge in [-0.25, -0.2) is 8.78 Å². The number of nitrogens with zero attached hydrogens (tertiary/aromatic N) is 1. The lowest BCUT2D eigenvalue weighted by Gasteiger charge is -2.08. The minimum atomic E-state index is -2.85. The summed E-state index contributed by atoms with van der Waals surface area (Å²) >= 11 is 0. The summed E-state index contributed by atoms with van der Waals surface area (Å²) in [5.41, 5.74) is 4.05. The Hall–Kier alpha value is -2.24. The molecule has 0 spiro atoms. The summed E-state index contributed by atoms with van der Waals surface area (Å²) < 4.78 is 25.8. The zero-order chi connectivity index (χ0) is 15.2. The Kier molecular flexibility index (Phi) is 3.04. The molecule has 1 fully saturated rings. The number of hydrogen-bond donors (Lipinski definition) is 2. The van der Waals surface area contributed by atoms with Gasteiger partial charge in [-0.3, -0.25) is 9.89 Å². The molecular weight excluding hydrogens is 276 g/mol. The maximum absolute atomic E-state index is 12.9. The van der Waals surface area contributed by atoms with E-state index in [1.165, 1.54) is 0 Å². The van der Waals surface area contributed by atoms with Crippen LogP contribution in [0.25, 0.3) is 11.3 Å². The van der Waals surface area contributed by atoms with Gasteiger partial charge in [-0.05, 0) is 37.6 Å². The predicted octanol–water partition coefficient (Wildman–Crippen LogP) is 3.29. The van der Waals surface area contributed by atoms with Crippen LogP contribution in [0, 0.1) is 19.8 Å². The summed E-state index contributed by atoms with van der Waals surface area (Å²) in [6.07, 6.45) is -0.365. The average Bonchev–Trinajstić information content (AvgIpc) is 2.85. The molecule has 1 aromatic heterocycles. The third-order valence-corrected chi connectivity index (χ3v) is 3.63. The SMILES string of the molecule is Cc1cc(-c2cc(NC(=O)[C@@H]3CC3(F)F)ccc2C)n[nH]1. The van der Waals surface area contributed by atoms with Gasteiger partial charge < -0.3 is 5.32 Å². The number of halogens is 2. The zero-order valence-corrected chi connectivity index (χ0v) is 11.7. The number of aromatic nitrogens is 2. The molecule has 21 heavy (non-hydrogen) atoms. The van der Waals surface area contributed by atoms with Crippen LogP contribution >= 0.6 is 0 Å². The standard InChI is InChI=1S/C15H15F2N3O/c1-8-3-4-10(18-14(21)12-7-15(12,16)17)6-11(8)13-5-9(2)19-20-13/h3-6,12H,7H2,1-2H3,(H,18,21)(H,19,20)/t12-/m0/s1. The van der Waals surface area contributed by atoms with Crippen molar-refractivity contribution in [3.8, 4) is 11.3 Å². The van der Waals surface area contributed by atoms with Crippen LogP contribution in [0.1, 0.15) is 17.7 Å². The first-order chi connectivity index (χ1) is 9.87. The molecule has 1 amide bonds. The Morgan fingerprint density at radius 1 is 1.38 bits per heavy atom. The number of rotatable bonds is 3. The molecule has 0 bridgehead atoms. The van der Waals surface area contributed by atoms with Gasteiger partial charge >= 0.3 is 0 Å². The number of H-pyrrole nitrogens is 1. The number of carbonyl (C=O) groups is 1. The van der Waals surface area contributed by atoms with Gasteiger partial charge in [-0.2, -0.15) is 5.10 Å². The highest BCUT2D eigenvalue weighted by molar-refractivity contribution is 5.95. The number of alkyl halides is 2. The van der Waals surface area contributed by atoms with Gasteiger partial charge in [0.2, 0.25) is 5.91 Å². The largest absolute Gasteiger partial charge is 0.326 e. The first-order valence-electron chi connectivity index (χ1n) is 6.68. The number of benzene rings is 1. The van der Waals surface area contributed by atoms with E-state index in [1.54, 1.807) is 12.1 Å². The summed E-state index contributed by atoms with van der Waals surface area (Å²) in [5, 5.41) is 9.58. The Labute approximate surface area is 120 Å². The van der Waals surface area contributed by atoms with Crippen molar-refractivity contribution in [3.63, 3.8) is 0 Å². The van der Waals surface area contributed by atoms with Gasteiger partial charge in [0, 0.05) is 23.4 Å². The maximum atomic E-state index is 12.9. The number of aryl methyl sites for hydroxylation is 2. The van der Waals surface area contributed by atoms with Crippen molar-refractivity contribution >= 4 is 11.6 Å². The van der Waals surface area contributed by atoms with Crippen molar-refractivity contribution in [2.75, 3.05) is 5.32 Å². The number of aromatic amines is 1. The number of carbonyl (C=O) groups excluding carboxylic acids is 1. The van der Waals surface area contributed by atoms with E-state index in [1.807, 2.05) is 26.0 Å². The van der Waals surface area contributed by atoms with Gasteiger partial charge in [-0.1, -0.05) is 6.07 Å². The Morgan fingerprint density at radius 3 is 2.67 bits per heavy atom.